The molecule has 2 aromatic rings. The summed E-state index contributed by atoms with van der Waals surface area (Å²) in [6.07, 6.45) is 0.715. The molecule has 3 heteroatoms. The Bertz CT molecular complexity index is 647. The molecular formula is C17H17NO2. The Morgan fingerprint density at radius 3 is 2.60 bits per heavy atom. The summed E-state index contributed by atoms with van der Waals surface area (Å²) in [7, 11) is 1.65. The van der Waals surface area contributed by atoms with Crippen LogP contribution in [0.2, 0.25) is 0 Å². The normalized spacial score (nSPS) is 16.7. The molecule has 0 saturated heterocycles. The molecule has 3 nitrogen and oxygen atoms in total. The summed E-state index contributed by atoms with van der Waals surface area (Å²) in [4.78, 5) is 12.1. The smallest absolute Gasteiger partial charge is 0.232 e. The number of rotatable bonds is 3. The van der Waals surface area contributed by atoms with Crippen LogP contribution in [-0.2, 0) is 11.2 Å². The lowest BCUT2D eigenvalue weighted by Crippen LogP contribution is -2.14. The Morgan fingerprint density at radius 2 is 1.90 bits per heavy atom. The van der Waals surface area contributed by atoms with Crippen molar-refractivity contribution in [1.82, 2.24) is 0 Å². The summed E-state index contributed by atoms with van der Waals surface area (Å²) in [5.41, 5.74) is 4.37. The van der Waals surface area contributed by atoms with Gasteiger partial charge in [0.2, 0.25) is 5.91 Å². The third-order valence-electron chi connectivity index (χ3n) is 3.76. The van der Waals surface area contributed by atoms with Gasteiger partial charge >= 0.3 is 0 Å². The van der Waals surface area contributed by atoms with E-state index in [1.54, 1.807) is 7.11 Å². The minimum Gasteiger partial charge on any atom is -0.497 e. The number of carbonyl (C=O) groups is 1. The molecule has 0 saturated carbocycles. The largest absolute Gasteiger partial charge is 0.497 e. The lowest BCUT2D eigenvalue weighted by atomic mass is 9.92. The molecule has 0 aliphatic carbocycles. The van der Waals surface area contributed by atoms with Crippen LogP contribution < -0.4 is 10.1 Å². The number of hydrogen-bond donors (Lipinski definition) is 1. The van der Waals surface area contributed by atoms with Gasteiger partial charge in [0.25, 0.3) is 0 Å². The van der Waals surface area contributed by atoms with E-state index >= 15 is 0 Å². The zero-order chi connectivity index (χ0) is 14.1. The molecule has 1 aliphatic heterocycles. The molecule has 0 fully saturated rings. The van der Waals surface area contributed by atoms with Crippen molar-refractivity contribution < 1.29 is 9.53 Å². The van der Waals surface area contributed by atoms with Gasteiger partial charge in [-0.25, -0.2) is 0 Å². The summed E-state index contributed by atoms with van der Waals surface area (Å²) in [5, 5.41) is 2.95. The molecule has 102 valence electrons. The first kappa shape index (κ1) is 12.7. The first-order valence-corrected chi connectivity index (χ1v) is 6.72. The van der Waals surface area contributed by atoms with Gasteiger partial charge in [-0.1, -0.05) is 29.8 Å². The van der Waals surface area contributed by atoms with E-state index in [0.29, 0.717) is 6.42 Å². The molecule has 2 aromatic carbocycles. The van der Waals surface area contributed by atoms with Gasteiger partial charge in [0.05, 0.1) is 13.0 Å². The molecule has 0 bridgehead atoms. The molecule has 1 atom stereocenters. The maximum absolute atomic E-state index is 12.1. The number of anilines is 1. The fraction of sp³-hybridized carbons (Fsp3) is 0.235. The summed E-state index contributed by atoms with van der Waals surface area (Å²) < 4.78 is 5.15. The van der Waals surface area contributed by atoms with Crippen molar-refractivity contribution in [3.05, 3.63) is 59.2 Å². The zero-order valence-electron chi connectivity index (χ0n) is 11.6. The van der Waals surface area contributed by atoms with E-state index in [2.05, 4.69) is 11.4 Å². The summed E-state index contributed by atoms with van der Waals surface area (Å²) in [6, 6.07) is 14.0. The number of benzene rings is 2. The fourth-order valence-electron chi connectivity index (χ4n) is 2.65. The van der Waals surface area contributed by atoms with Gasteiger partial charge in [0, 0.05) is 5.69 Å². The number of carbonyl (C=O) groups excluding carboxylic acids is 1. The Labute approximate surface area is 118 Å². The maximum Gasteiger partial charge on any atom is 0.232 e. The highest BCUT2D eigenvalue weighted by molar-refractivity contribution is 6.03. The van der Waals surface area contributed by atoms with E-state index in [9.17, 15) is 4.79 Å². The van der Waals surface area contributed by atoms with Gasteiger partial charge in [0.15, 0.2) is 0 Å². The van der Waals surface area contributed by atoms with Crippen molar-refractivity contribution in [2.24, 2.45) is 0 Å². The Hall–Kier alpha value is -2.29. The minimum absolute atomic E-state index is 0.0846. The minimum atomic E-state index is -0.0988. The van der Waals surface area contributed by atoms with Crippen molar-refractivity contribution in [2.75, 3.05) is 12.4 Å². The molecule has 1 unspecified atom stereocenters. The fourth-order valence-corrected chi connectivity index (χ4v) is 2.65. The second kappa shape index (κ2) is 5.00. The number of hydrogen-bond acceptors (Lipinski definition) is 2. The molecule has 0 radical (unpaired) electrons. The van der Waals surface area contributed by atoms with Crippen LogP contribution in [0.3, 0.4) is 0 Å². The van der Waals surface area contributed by atoms with Crippen molar-refractivity contribution in [1.29, 1.82) is 0 Å². The Balaban J connectivity index is 1.87. The number of fused-ring (bicyclic) bond motifs is 1. The van der Waals surface area contributed by atoms with Gasteiger partial charge < -0.3 is 10.1 Å². The van der Waals surface area contributed by atoms with Gasteiger partial charge in [0.1, 0.15) is 5.75 Å². The van der Waals surface area contributed by atoms with E-state index in [1.165, 1.54) is 5.56 Å². The number of ether oxygens (including phenoxy) is 1. The van der Waals surface area contributed by atoms with Crippen LogP contribution in [0.25, 0.3) is 0 Å². The molecular weight excluding hydrogens is 250 g/mol. The third kappa shape index (κ3) is 2.27. The van der Waals surface area contributed by atoms with Crippen LogP contribution in [0.4, 0.5) is 5.69 Å². The van der Waals surface area contributed by atoms with Gasteiger partial charge in [-0.05, 0) is 42.7 Å². The highest BCUT2D eigenvalue weighted by Crippen LogP contribution is 2.35. The van der Waals surface area contributed by atoms with E-state index in [1.807, 2.05) is 43.3 Å². The standard InChI is InChI=1S/C17H17NO2/c1-11-3-8-16-14(9-11)15(17(19)18-16)10-12-4-6-13(20-2)7-5-12/h3-9,15H,10H2,1-2H3,(H,18,19). The lowest BCUT2D eigenvalue weighted by molar-refractivity contribution is -0.117. The van der Waals surface area contributed by atoms with Gasteiger partial charge in [-0.2, -0.15) is 0 Å². The van der Waals surface area contributed by atoms with Crippen molar-refractivity contribution in [2.45, 2.75) is 19.3 Å². The van der Waals surface area contributed by atoms with Crippen molar-refractivity contribution >= 4 is 11.6 Å². The van der Waals surface area contributed by atoms with Gasteiger partial charge in [-0.3, -0.25) is 4.79 Å². The molecule has 3 rings (SSSR count). The predicted octanol–water partition coefficient (Wildman–Crippen LogP) is 3.28. The van der Waals surface area contributed by atoms with E-state index < -0.39 is 0 Å². The van der Waals surface area contributed by atoms with E-state index in [0.717, 1.165) is 22.6 Å². The SMILES string of the molecule is COc1ccc(CC2C(=O)Nc3ccc(C)cc32)cc1. The number of nitrogens with one attached hydrogen (secondary N) is 1. The highest BCUT2D eigenvalue weighted by Gasteiger charge is 2.30. The zero-order valence-corrected chi connectivity index (χ0v) is 11.6. The van der Waals surface area contributed by atoms with E-state index in [4.69, 9.17) is 4.74 Å². The maximum atomic E-state index is 12.1. The summed E-state index contributed by atoms with van der Waals surface area (Å²) in [5.74, 6) is 0.820. The topological polar surface area (TPSA) is 38.3 Å². The first-order valence-electron chi connectivity index (χ1n) is 6.72. The van der Waals surface area contributed by atoms with Crippen LogP contribution in [0.15, 0.2) is 42.5 Å². The second-order valence-electron chi connectivity index (χ2n) is 5.18. The van der Waals surface area contributed by atoms with Gasteiger partial charge in [-0.15, -0.1) is 0 Å². The molecule has 1 N–H and O–H groups in total. The Kier molecular flexibility index (Phi) is 3.18. The average Bonchev–Trinajstić information content (AvgIpc) is 2.76. The molecule has 0 aromatic heterocycles. The summed E-state index contributed by atoms with van der Waals surface area (Å²) >= 11 is 0. The average molecular weight is 267 g/mol. The van der Waals surface area contributed by atoms with Crippen LogP contribution in [0.5, 0.6) is 5.75 Å². The number of methoxy groups -OCH3 is 1. The number of aryl methyl sites for hydroxylation is 1. The second-order valence-corrected chi connectivity index (χ2v) is 5.18. The summed E-state index contributed by atoms with van der Waals surface area (Å²) in [6.45, 7) is 2.05. The lowest BCUT2D eigenvalue weighted by Gasteiger charge is -2.10. The molecule has 1 amide bonds. The monoisotopic (exact) mass is 267 g/mol. The van der Waals surface area contributed by atoms with E-state index in [-0.39, 0.29) is 11.8 Å². The Morgan fingerprint density at radius 1 is 1.15 bits per heavy atom. The van der Waals surface area contributed by atoms with Crippen molar-refractivity contribution in [3.8, 4) is 5.75 Å². The van der Waals surface area contributed by atoms with Crippen LogP contribution in [0, 0.1) is 6.92 Å². The molecule has 1 heterocycles. The molecule has 20 heavy (non-hydrogen) atoms. The quantitative estimate of drug-likeness (QED) is 0.926. The molecule has 1 aliphatic rings. The van der Waals surface area contributed by atoms with Crippen molar-refractivity contribution in [3.63, 3.8) is 0 Å². The van der Waals surface area contributed by atoms with Crippen LogP contribution in [-0.4, -0.2) is 13.0 Å². The predicted molar refractivity (Wildman–Crippen MR) is 79.2 cm³/mol. The first-order chi connectivity index (χ1) is 9.67. The number of amides is 1. The van der Waals surface area contributed by atoms with Crippen LogP contribution in [0.1, 0.15) is 22.6 Å². The molecule has 0 spiro atoms. The third-order valence-corrected chi connectivity index (χ3v) is 3.76. The highest BCUT2D eigenvalue weighted by atomic mass is 16.5. The van der Waals surface area contributed by atoms with Crippen LogP contribution >= 0.6 is 0 Å².